The molecular weight excluding hydrogens is 216 g/mol. The van der Waals surface area contributed by atoms with Crippen molar-refractivity contribution >= 4 is 29.5 Å². The van der Waals surface area contributed by atoms with Gasteiger partial charge in [-0.15, -0.1) is 17.9 Å². The molecular formula is C9H12N2OS2. The minimum atomic E-state index is -0.00162. The highest BCUT2D eigenvalue weighted by atomic mass is 32.1. The fraction of sp³-hybridized carbons (Fsp3) is 0.333. The van der Waals surface area contributed by atoms with Crippen molar-refractivity contribution in [3.8, 4) is 0 Å². The third-order valence-electron chi connectivity index (χ3n) is 1.69. The Morgan fingerprint density at radius 2 is 2.50 bits per heavy atom. The summed E-state index contributed by atoms with van der Waals surface area (Å²) in [6.45, 7) is 5.95. The van der Waals surface area contributed by atoms with E-state index in [-0.39, 0.29) is 5.91 Å². The molecule has 5 heteroatoms. The summed E-state index contributed by atoms with van der Waals surface area (Å²) in [5.74, 6) is -0.00162. The second-order valence-electron chi connectivity index (χ2n) is 2.83. The Bertz CT molecular complexity index is 392. The molecule has 76 valence electrons. The van der Waals surface area contributed by atoms with Gasteiger partial charge in [0.05, 0.1) is 6.42 Å². The number of rotatable bonds is 4. The third-order valence-corrected chi connectivity index (χ3v) is 3.02. The zero-order valence-electron chi connectivity index (χ0n) is 7.92. The molecule has 0 aliphatic carbocycles. The number of aromatic nitrogens is 1. The molecule has 3 nitrogen and oxygen atoms in total. The summed E-state index contributed by atoms with van der Waals surface area (Å²) in [4.78, 5) is 15.3. The largest absolute Gasteiger partial charge is 0.352 e. The quantitative estimate of drug-likeness (QED) is 0.611. The molecule has 0 saturated heterocycles. The molecule has 0 unspecified atom stereocenters. The topological polar surface area (TPSA) is 44.9 Å². The van der Waals surface area contributed by atoms with Crippen LogP contribution >= 0.6 is 23.6 Å². The van der Waals surface area contributed by atoms with E-state index in [1.165, 1.54) is 11.3 Å². The molecule has 0 atom stereocenters. The molecule has 0 saturated carbocycles. The van der Waals surface area contributed by atoms with Crippen LogP contribution in [0.2, 0.25) is 0 Å². The summed E-state index contributed by atoms with van der Waals surface area (Å²) < 4.78 is 0.717. The van der Waals surface area contributed by atoms with Gasteiger partial charge in [0.2, 0.25) is 5.91 Å². The Hall–Kier alpha value is -0.940. The summed E-state index contributed by atoms with van der Waals surface area (Å²) in [5, 5.41) is 2.72. The normalized spacial score (nSPS) is 9.79. The van der Waals surface area contributed by atoms with E-state index in [0.29, 0.717) is 16.9 Å². The highest BCUT2D eigenvalue weighted by molar-refractivity contribution is 7.73. The van der Waals surface area contributed by atoms with Crippen molar-refractivity contribution in [3.63, 3.8) is 0 Å². The first-order valence-corrected chi connectivity index (χ1v) is 5.42. The van der Waals surface area contributed by atoms with Gasteiger partial charge in [0.1, 0.15) is 0 Å². The molecule has 1 rings (SSSR count). The maximum Gasteiger partial charge on any atom is 0.225 e. The number of carbonyl (C=O) groups excluding carboxylic acids is 1. The first kappa shape index (κ1) is 11.1. The molecule has 0 aromatic carbocycles. The maximum absolute atomic E-state index is 11.3. The molecule has 1 aromatic rings. The highest BCUT2D eigenvalue weighted by Crippen LogP contribution is 2.14. The van der Waals surface area contributed by atoms with Gasteiger partial charge in [-0.05, 0) is 19.1 Å². The van der Waals surface area contributed by atoms with E-state index in [4.69, 9.17) is 12.2 Å². The number of H-pyrrole nitrogens is 1. The Labute approximate surface area is 91.9 Å². The molecule has 1 amide bonds. The van der Waals surface area contributed by atoms with E-state index in [2.05, 4.69) is 16.9 Å². The van der Waals surface area contributed by atoms with Gasteiger partial charge >= 0.3 is 0 Å². The van der Waals surface area contributed by atoms with Gasteiger partial charge in [0.15, 0.2) is 3.95 Å². The predicted octanol–water partition coefficient (Wildman–Crippen LogP) is 1.96. The summed E-state index contributed by atoms with van der Waals surface area (Å²) >= 11 is 6.42. The zero-order valence-corrected chi connectivity index (χ0v) is 9.56. The average molecular weight is 228 g/mol. The van der Waals surface area contributed by atoms with Crippen LogP contribution in [0.15, 0.2) is 12.7 Å². The average Bonchev–Trinajstić information content (AvgIpc) is 2.42. The summed E-state index contributed by atoms with van der Waals surface area (Å²) in [5.41, 5.74) is 0.980. The van der Waals surface area contributed by atoms with Gasteiger partial charge in [-0.25, -0.2) is 0 Å². The van der Waals surface area contributed by atoms with Crippen molar-refractivity contribution in [3.05, 3.63) is 27.2 Å². The van der Waals surface area contributed by atoms with Gasteiger partial charge in [-0.1, -0.05) is 6.08 Å². The minimum Gasteiger partial charge on any atom is -0.352 e. The van der Waals surface area contributed by atoms with Crippen molar-refractivity contribution in [1.29, 1.82) is 0 Å². The summed E-state index contributed by atoms with van der Waals surface area (Å²) in [6, 6.07) is 0. The molecule has 14 heavy (non-hydrogen) atoms. The van der Waals surface area contributed by atoms with E-state index < -0.39 is 0 Å². The zero-order chi connectivity index (χ0) is 10.6. The van der Waals surface area contributed by atoms with E-state index in [0.717, 1.165) is 10.6 Å². The molecule has 0 fully saturated rings. The van der Waals surface area contributed by atoms with Crippen molar-refractivity contribution < 1.29 is 4.79 Å². The van der Waals surface area contributed by atoms with Crippen LogP contribution < -0.4 is 5.32 Å². The van der Waals surface area contributed by atoms with Crippen molar-refractivity contribution in [2.75, 3.05) is 6.54 Å². The van der Waals surface area contributed by atoms with E-state index in [1.807, 2.05) is 6.92 Å². The fourth-order valence-electron chi connectivity index (χ4n) is 1.000. The molecule has 0 spiro atoms. The van der Waals surface area contributed by atoms with Crippen LogP contribution in [-0.4, -0.2) is 17.4 Å². The van der Waals surface area contributed by atoms with Crippen LogP contribution in [-0.2, 0) is 11.2 Å². The lowest BCUT2D eigenvalue weighted by Gasteiger charge is -2.00. The van der Waals surface area contributed by atoms with E-state index in [9.17, 15) is 4.79 Å². The monoisotopic (exact) mass is 228 g/mol. The number of aryl methyl sites for hydroxylation is 1. The lowest BCUT2D eigenvalue weighted by molar-refractivity contribution is -0.120. The fourth-order valence-corrected chi connectivity index (χ4v) is 2.29. The van der Waals surface area contributed by atoms with Gasteiger partial charge in [0, 0.05) is 17.1 Å². The Morgan fingerprint density at radius 1 is 1.79 bits per heavy atom. The van der Waals surface area contributed by atoms with Crippen molar-refractivity contribution in [1.82, 2.24) is 10.3 Å². The second-order valence-corrected chi connectivity index (χ2v) is 4.60. The number of aromatic amines is 1. The van der Waals surface area contributed by atoms with Gasteiger partial charge in [-0.3, -0.25) is 4.79 Å². The van der Waals surface area contributed by atoms with Crippen LogP contribution in [0.3, 0.4) is 0 Å². The molecule has 0 bridgehead atoms. The first-order chi connectivity index (χ1) is 6.63. The first-order valence-electron chi connectivity index (χ1n) is 4.19. The molecule has 1 heterocycles. The van der Waals surface area contributed by atoms with E-state index >= 15 is 0 Å². The van der Waals surface area contributed by atoms with Gasteiger partial charge in [0.25, 0.3) is 0 Å². The Balaban J connectivity index is 2.60. The van der Waals surface area contributed by atoms with Crippen LogP contribution in [0.1, 0.15) is 10.6 Å². The summed E-state index contributed by atoms with van der Waals surface area (Å²) in [6.07, 6.45) is 2.04. The molecule has 2 N–H and O–H groups in total. The Kier molecular flexibility index (Phi) is 4.03. The molecule has 0 aliphatic rings. The van der Waals surface area contributed by atoms with Crippen molar-refractivity contribution in [2.24, 2.45) is 0 Å². The smallest absolute Gasteiger partial charge is 0.225 e. The molecule has 0 aliphatic heterocycles. The molecule has 0 radical (unpaired) electrons. The van der Waals surface area contributed by atoms with E-state index in [1.54, 1.807) is 6.08 Å². The van der Waals surface area contributed by atoms with Crippen LogP contribution in [0, 0.1) is 10.9 Å². The minimum absolute atomic E-state index is 0.00162. The number of hydrogen-bond donors (Lipinski definition) is 2. The van der Waals surface area contributed by atoms with Gasteiger partial charge < -0.3 is 10.3 Å². The highest BCUT2D eigenvalue weighted by Gasteiger charge is 2.07. The SMILES string of the molecule is C=CCNC(=O)Cc1sc(=S)[nH]c1C. The number of thiazole rings is 1. The lowest BCUT2D eigenvalue weighted by atomic mass is 10.3. The standard InChI is InChI=1S/C9H12N2OS2/c1-3-4-10-8(12)5-7-6(2)11-9(13)14-7/h3H,1,4-5H2,2H3,(H,10,12)(H,11,13). The van der Waals surface area contributed by atoms with Crippen LogP contribution in [0.4, 0.5) is 0 Å². The summed E-state index contributed by atoms with van der Waals surface area (Å²) in [7, 11) is 0. The maximum atomic E-state index is 11.3. The van der Waals surface area contributed by atoms with Gasteiger partial charge in [-0.2, -0.15) is 0 Å². The van der Waals surface area contributed by atoms with Crippen LogP contribution in [0.5, 0.6) is 0 Å². The Morgan fingerprint density at radius 3 is 3.00 bits per heavy atom. The number of nitrogens with one attached hydrogen (secondary N) is 2. The predicted molar refractivity (Wildman–Crippen MR) is 61.2 cm³/mol. The lowest BCUT2D eigenvalue weighted by Crippen LogP contribution is -2.24. The number of amides is 1. The second kappa shape index (κ2) is 5.07. The number of carbonyl (C=O) groups is 1. The molecule has 1 aromatic heterocycles. The number of hydrogen-bond acceptors (Lipinski definition) is 3. The van der Waals surface area contributed by atoms with Crippen molar-refractivity contribution in [2.45, 2.75) is 13.3 Å². The van der Waals surface area contributed by atoms with Crippen LogP contribution in [0.25, 0.3) is 0 Å². The third kappa shape index (κ3) is 3.08.